The number of rotatable bonds is 6. The predicted octanol–water partition coefficient (Wildman–Crippen LogP) is 1.83. The SMILES string of the molecule is Cc1ccn(-c2ccccc2NC(=O)NCC(=O)NCC2CC2)n1. The van der Waals surface area contributed by atoms with E-state index in [1.165, 1.54) is 12.8 Å². The van der Waals surface area contributed by atoms with Crippen LogP contribution in [-0.4, -0.2) is 34.8 Å². The Morgan fingerprint density at radius 2 is 2.00 bits per heavy atom. The first-order chi connectivity index (χ1) is 11.6. The third-order valence-corrected chi connectivity index (χ3v) is 3.82. The van der Waals surface area contributed by atoms with Crippen LogP contribution in [0, 0.1) is 12.8 Å². The van der Waals surface area contributed by atoms with E-state index in [2.05, 4.69) is 21.0 Å². The van der Waals surface area contributed by atoms with E-state index in [-0.39, 0.29) is 12.5 Å². The molecule has 7 nitrogen and oxygen atoms in total. The first-order valence-corrected chi connectivity index (χ1v) is 8.05. The first-order valence-electron chi connectivity index (χ1n) is 8.05. The Kier molecular flexibility index (Phi) is 4.79. The van der Waals surface area contributed by atoms with E-state index in [1.54, 1.807) is 10.7 Å². The topological polar surface area (TPSA) is 88.0 Å². The van der Waals surface area contributed by atoms with Gasteiger partial charge in [0.15, 0.2) is 0 Å². The highest BCUT2D eigenvalue weighted by atomic mass is 16.2. The molecule has 24 heavy (non-hydrogen) atoms. The fourth-order valence-electron chi connectivity index (χ4n) is 2.30. The molecule has 0 unspecified atom stereocenters. The second-order valence-electron chi connectivity index (χ2n) is 5.97. The molecule has 0 bridgehead atoms. The second-order valence-corrected chi connectivity index (χ2v) is 5.97. The van der Waals surface area contributed by atoms with Crippen LogP contribution in [0.25, 0.3) is 5.69 Å². The highest BCUT2D eigenvalue weighted by Crippen LogP contribution is 2.27. The summed E-state index contributed by atoms with van der Waals surface area (Å²) in [7, 11) is 0. The number of aromatic nitrogens is 2. The van der Waals surface area contributed by atoms with Crippen molar-refractivity contribution < 1.29 is 9.59 Å². The number of carbonyl (C=O) groups is 2. The van der Waals surface area contributed by atoms with Crippen LogP contribution in [0.2, 0.25) is 0 Å². The molecule has 0 atom stereocenters. The number of carbonyl (C=O) groups excluding carboxylic acids is 2. The molecule has 1 saturated carbocycles. The zero-order chi connectivity index (χ0) is 16.9. The summed E-state index contributed by atoms with van der Waals surface area (Å²) in [5.74, 6) is 0.445. The zero-order valence-electron chi connectivity index (χ0n) is 13.6. The molecule has 3 amide bonds. The Bertz CT molecular complexity index is 736. The molecule has 1 aromatic heterocycles. The Labute approximate surface area is 140 Å². The minimum Gasteiger partial charge on any atom is -0.354 e. The van der Waals surface area contributed by atoms with Crippen molar-refractivity contribution in [3.05, 3.63) is 42.2 Å². The summed E-state index contributed by atoms with van der Waals surface area (Å²) in [4.78, 5) is 23.7. The van der Waals surface area contributed by atoms with Gasteiger partial charge in [-0.3, -0.25) is 4.79 Å². The van der Waals surface area contributed by atoms with Gasteiger partial charge in [0.05, 0.1) is 23.6 Å². The highest BCUT2D eigenvalue weighted by Gasteiger charge is 2.21. The van der Waals surface area contributed by atoms with Crippen molar-refractivity contribution in [2.24, 2.45) is 5.92 Å². The largest absolute Gasteiger partial charge is 0.354 e. The Morgan fingerprint density at radius 3 is 2.71 bits per heavy atom. The lowest BCUT2D eigenvalue weighted by Crippen LogP contribution is -2.39. The standard InChI is InChI=1S/C17H21N5O2/c1-12-8-9-22(21-12)15-5-3-2-4-14(15)20-17(24)19-11-16(23)18-10-13-6-7-13/h2-5,8-9,13H,6-7,10-11H2,1H3,(H,18,23)(H2,19,20,24). The van der Waals surface area contributed by atoms with Gasteiger partial charge in [0.25, 0.3) is 0 Å². The van der Waals surface area contributed by atoms with Gasteiger partial charge in [-0.15, -0.1) is 0 Å². The number of anilines is 1. The van der Waals surface area contributed by atoms with Crippen LogP contribution < -0.4 is 16.0 Å². The van der Waals surface area contributed by atoms with E-state index >= 15 is 0 Å². The molecule has 0 spiro atoms. The summed E-state index contributed by atoms with van der Waals surface area (Å²) < 4.78 is 1.70. The van der Waals surface area contributed by atoms with Crippen molar-refractivity contribution in [2.45, 2.75) is 19.8 Å². The molecule has 7 heteroatoms. The van der Waals surface area contributed by atoms with Crippen molar-refractivity contribution in [1.29, 1.82) is 0 Å². The van der Waals surface area contributed by atoms with E-state index < -0.39 is 6.03 Å². The van der Waals surface area contributed by atoms with Crippen molar-refractivity contribution in [2.75, 3.05) is 18.4 Å². The van der Waals surface area contributed by atoms with Gasteiger partial charge in [-0.2, -0.15) is 5.10 Å². The van der Waals surface area contributed by atoms with Gasteiger partial charge in [-0.05, 0) is 43.9 Å². The average molecular weight is 327 g/mol. The number of hydrogen-bond acceptors (Lipinski definition) is 3. The molecule has 1 heterocycles. The number of nitrogens with one attached hydrogen (secondary N) is 3. The molecular weight excluding hydrogens is 306 g/mol. The summed E-state index contributed by atoms with van der Waals surface area (Å²) in [6.07, 6.45) is 4.19. The van der Waals surface area contributed by atoms with E-state index in [1.807, 2.05) is 37.4 Å². The predicted molar refractivity (Wildman–Crippen MR) is 91.1 cm³/mol. The number of para-hydroxylation sites is 2. The molecule has 1 fully saturated rings. The van der Waals surface area contributed by atoms with Crippen molar-refractivity contribution in [3.8, 4) is 5.69 Å². The Balaban J connectivity index is 1.55. The first kappa shape index (κ1) is 16.0. The molecule has 1 aromatic carbocycles. The molecule has 1 aliphatic rings. The minimum absolute atomic E-state index is 0.0401. The van der Waals surface area contributed by atoms with E-state index in [0.29, 0.717) is 18.2 Å². The maximum absolute atomic E-state index is 12.0. The van der Waals surface area contributed by atoms with Crippen LogP contribution in [0.15, 0.2) is 36.5 Å². The lowest BCUT2D eigenvalue weighted by Gasteiger charge is -2.12. The monoisotopic (exact) mass is 327 g/mol. The summed E-state index contributed by atoms with van der Waals surface area (Å²) in [6, 6.07) is 8.83. The van der Waals surface area contributed by atoms with Crippen LogP contribution in [0.1, 0.15) is 18.5 Å². The van der Waals surface area contributed by atoms with Crippen molar-refractivity contribution in [1.82, 2.24) is 20.4 Å². The summed E-state index contributed by atoms with van der Waals surface area (Å²) in [5, 5.41) is 12.5. The van der Waals surface area contributed by atoms with Gasteiger partial charge < -0.3 is 16.0 Å². The van der Waals surface area contributed by atoms with Gasteiger partial charge in [0.1, 0.15) is 0 Å². The quantitative estimate of drug-likeness (QED) is 0.756. The average Bonchev–Trinajstić information content (AvgIpc) is 3.31. The molecular formula is C17H21N5O2. The maximum Gasteiger partial charge on any atom is 0.319 e. The Hall–Kier alpha value is -2.83. The normalized spacial score (nSPS) is 13.4. The molecule has 2 aromatic rings. The number of amides is 3. The van der Waals surface area contributed by atoms with Crippen LogP contribution in [-0.2, 0) is 4.79 Å². The number of hydrogen-bond donors (Lipinski definition) is 3. The Morgan fingerprint density at radius 1 is 1.21 bits per heavy atom. The molecule has 0 saturated heterocycles. The molecule has 0 aliphatic heterocycles. The summed E-state index contributed by atoms with van der Waals surface area (Å²) in [5.41, 5.74) is 2.28. The van der Waals surface area contributed by atoms with Crippen LogP contribution in [0.4, 0.5) is 10.5 Å². The van der Waals surface area contributed by atoms with Crippen LogP contribution in [0.5, 0.6) is 0 Å². The number of urea groups is 1. The van der Waals surface area contributed by atoms with Crippen molar-refractivity contribution >= 4 is 17.6 Å². The smallest absolute Gasteiger partial charge is 0.319 e. The fraction of sp³-hybridized carbons (Fsp3) is 0.353. The summed E-state index contributed by atoms with van der Waals surface area (Å²) in [6.45, 7) is 2.56. The third-order valence-electron chi connectivity index (χ3n) is 3.82. The molecule has 0 radical (unpaired) electrons. The molecule has 3 rings (SSSR count). The van der Waals surface area contributed by atoms with Gasteiger partial charge >= 0.3 is 6.03 Å². The van der Waals surface area contributed by atoms with Crippen LogP contribution >= 0.6 is 0 Å². The van der Waals surface area contributed by atoms with Gasteiger partial charge in [0.2, 0.25) is 5.91 Å². The number of nitrogens with zero attached hydrogens (tertiary/aromatic N) is 2. The number of benzene rings is 1. The third kappa shape index (κ3) is 4.34. The van der Waals surface area contributed by atoms with Crippen LogP contribution in [0.3, 0.4) is 0 Å². The minimum atomic E-state index is -0.423. The van der Waals surface area contributed by atoms with E-state index in [4.69, 9.17) is 0 Å². The second kappa shape index (κ2) is 7.16. The molecule has 1 aliphatic carbocycles. The fourth-order valence-corrected chi connectivity index (χ4v) is 2.30. The lowest BCUT2D eigenvalue weighted by molar-refractivity contribution is -0.120. The summed E-state index contributed by atoms with van der Waals surface area (Å²) >= 11 is 0. The molecule has 126 valence electrons. The maximum atomic E-state index is 12.0. The van der Waals surface area contributed by atoms with Gasteiger partial charge in [-0.1, -0.05) is 12.1 Å². The zero-order valence-corrected chi connectivity index (χ0v) is 13.6. The van der Waals surface area contributed by atoms with E-state index in [9.17, 15) is 9.59 Å². The van der Waals surface area contributed by atoms with Gasteiger partial charge in [0, 0.05) is 12.7 Å². The van der Waals surface area contributed by atoms with E-state index in [0.717, 1.165) is 11.4 Å². The molecule has 3 N–H and O–H groups in total. The highest BCUT2D eigenvalue weighted by molar-refractivity contribution is 5.93. The van der Waals surface area contributed by atoms with Crippen molar-refractivity contribution in [3.63, 3.8) is 0 Å². The van der Waals surface area contributed by atoms with Gasteiger partial charge in [-0.25, -0.2) is 9.48 Å². The lowest BCUT2D eigenvalue weighted by atomic mass is 10.2. The number of aryl methyl sites for hydroxylation is 1.